The lowest BCUT2D eigenvalue weighted by Crippen LogP contribution is -2.45. The van der Waals surface area contributed by atoms with Gasteiger partial charge in [-0.2, -0.15) is 0 Å². The molecule has 1 aromatic carbocycles. The molecule has 1 aromatic heterocycles. The number of benzene rings is 1. The molecule has 2 aromatic rings. The molecule has 6 heteroatoms. The predicted octanol–water partition coefficient (Wildman–Crippen LogP) is 2.55. The number of hydrogen-bond donors (Lipinski definition) is 3. The molecule has 25 heavy (non-hydrogen) atoms. The first-order valence-electron chi connectivity index (χ1n) is 9.26. The molecular weight excluding hydrogens is 316 g/mol. The smallest absolute Gasteiger partial charge is 0.260 e. The van der Waals surface area contributed by atoms with Gasteiger partial charge in [0.1, 0.15) is 5.82 Å². The molecule has 3 N–H and O–H groups in total. The highest BCUT2D eigenvalue weighted by atomic mass is 16.5. The fourth-order valence-electron chi connectivity index (χ4n) is 3.80. The summed E-state index contributed by atoms with van der Waals surface area (Å²) in [4.78, 5) is 16.7. The van der Waals surface area contributed by atoms with Gasteiger partial charge in [-0.05, 0) is 43.9 Å². The Morgan fingerprint density at radius 3 is 2.80 bits per heavy atom. The van der Waals surface area contributed by atoms with Gasteiger partial charge in [-0.25, -0.2) is 10.5 Å². The molecule has 6 nitrogen and oxygen atoms in total. The number of fused-ring (bicyclic) bond motifs is 1. The Balaban J connectivity index is 1.61. The number of para-hydroxylation sites is 2. The number of amides is 1. The SMILES string of the molecule is Cn1c(CC[C@H](NCC2CCCCC2)C(=O)NO)nc2ccccc21. The molecule has 0 saturated heterocycles. The maximum Gasteiger partial charge on any atom is 0.260 e. The Bertz CT molecular complexity index is 707. The Labute approximate surface area is 148 Å². The van der Waals surface area contributed by atoms with E-state index in [1.807, 2.05) is 31.3 Å². The van der Waals surface area contributed by atoms with Crippen LogP contribution < -0.4 is 10.8 Å². The highest BCUT2D eigenvalue weighted by Crippen LogP contribution is 2.23. The second kappa shape index (κ2) is 8.45. The maximum absolute atomic E-state index is 12.0. The number of rotatable bonds is 7. The summed E-state index contributed by atoms with van der Waals surface area (Å²) < 4.78 is 2.07. The number of carbonyl (C=O) groups is 1. The second-order valence-electron chi connectivity index (χ2n) is 7.06. The molecule has 0 spiro atoms. The number of aromatic nitrogens is 2. The first kappa shape index (κ1) is 17.9. The number of carbonyl (C=O) groups excluding carboxylic acids is 1. The van der Waals surface area contributed by atoms with Crippen LogP contribution in [0.15, 0.2) is 24.3 Å². The number of hydrogen-bond acceptors (Lipinski definition) is 4. The summed E-state index contributed by atoms with van der Waals surface area (Å²) in [5.74, 6) is 1.23. The molecule has 1 fully saturated rings. The third-order valence-electron chi connectivity index (χ3n) is 5.34. The zero-order chi connectivity index (χ0) is 17.6. The molecule has 0 bridgehead atoms. The van der Waals surface area contributed by atoms with Crippen LogP contribution >= 0.6 is 0 Å². The molecule has 1 saturated carbocycles. The highest BCUT2D eigenvalue weighted by Gasteiger charge is 2.21. The van der Waals surface area contributed by atoms with Crippen LogP contribution in [-0.2, 0) is 18.3 Å². The molecule has 1 atom stereocenters. The van der Waals surface area contributed by atoms with Gasteiger partial charge in [0.2, 0.25) is 0 Å². The summed E-state index contributed by atoms with van der Waals surface area (Å²) >= 11 is 0. The normalized spacial score (nSPS) is 16.9. The fourth-order valence-corrected chi connectivity index (χ4v) is 3.80. The standard InChI is InChI=1S/C19H28N4O2/c1-23-17-10-6-5-9-15(17)21-18(23)12-11-16(19(24)22-25)20-13-14-7-3-2-4-8-14/h5-6,9-10,14,16,20,25H,2-4,7-8,11-13H2,1H3,(H,22,24)/t16-/m0/s1. The maximum atomic E-state index is 12.0. The van der Waals surface area contributed by atoms with E-state index in [2.05, 4.69) is 14.9 Å². The van der Waals surface area contributed by atoms with Gasteiger partial charge < -0.3 is 9.88 Å². The van der Waals surface area contributed by atoms with Crippen LogP contribution in [0.3, 0.4) is 0 Å². The summed E-state index contributed by atoms with van der Waals surface area (Å²) in [5, 5.41) is 12.4. The number of nitrogens with one attached hydrogen (secondary N) is 2. The van der Waals surface area contributed by atoms with Crippen molar-refractivity contribution in [1.82, 2.24) is 20.3 Å². The van der Waals surface area contributed by atoms with Crippen molar-refractivity contribution in [2.75, 3.05) is 6.54 Å². The van der Waals surface area contributed by atoms with Crippen LogP contribution in [0.4, 0.5) is 0 Å². The van der Waals surface area contributed by atoms with Crippen molar-refractivity contribution < 1.29 is 10.0 Å². The molecule has 1 aliphatic rings. The van der Waals surface area contributed by atoms with E-state index in [0.29, 0.717) is 18.8 Å². The van der Waals surface area contributed by atoms with E-state index < -0.39 is 6.04 Å². The van der Waals surface area contributed by atoms with E-state index in [9.17, 15) is 4.79 Å². The number of imidazole rings is 1. The third kappa shape index (κ3) is 4.38. The van der Waals surface area contributed by atoms with Crippen molar-refractivity contribution in [3.05, 3.63) is 30.1 Å². The van der Waals surface area contributed by atoms with E-state index in [1.165, 1.54) is 32.1 Å². The summed E-state index contributed by atoms with van der Waals surface area (Å²) in [6, 6.07) is 7.63. The predicted molar refractivity (Wildman–Crippen MR) is 97.3 cm³/mol. The number of hydroxylamine groups is 1. The van der Waals surface area contributed by atoms with Crippen molar-refractivity contribution >= 4 is 16.9 Å². The van der Waals surface area contributed by atoms with E-state index in [0.717, 1.165) is 23.4 Å². The first-order chi connectivity index (χ1) is 12.2. The molecule has 0 unspecified atom stereocenters. The highest BCUT2D eigenvalue weighted by molar-refractivity contribution is 5.80. The fraction of sp³-hybridized carbons (Fsp3) is 0.579. The summed E-state index contributed by atoms with van der Waals surface area (Å²) in [5.41, 5.74) is 3.87. The lowest BCUT2D eigenvalue weighted by molar-refractivity contribution is -0.131. The zero-order valence-corrected chi connectivity index (χ0v) is 14.9. The molecule has 136 valence electrons. The van der Waals surface area contributed by atoms with Crippen molar-refractivity contribution in [3.63, 3.8) is 0 Å². The van der Waals surface area contributed by atoms with Gasteiger partial charge in [0.25, 0.3) is 5.91 Å². The van der Waals surface area contributed by atoms with E-state index in [-0.39, 0.29) is 5.91 Å². The quantitative estimate of drug-likeness (QED) is 0.533. The number of nitrogens with zero attached hydrogens (tertiary/aromatic N) is 2. The Morgan fingerprint density at radius 1 is 1.32 bits per heavy atom. The average Bonchev–Trinajstić information content (AvgIpc) is 2.98. The topological polar surface area (TPSA) is 79.2 Å². The minimum Gasteiger partial charge on any atom is -0.331 e. The summed E-state index contributed by atoms with van der Waals surface area (Å²) in [6.45, 7) is 0.834. The van der Waals surface area contributed by atoms with Crippen molar-refractivity contribution in [2.24, 2.45) is 13.0 Å². The minimum atomic E-state index is -0.397. The van der Waals surface area contributed by atoms with Gasteiger partial charge in [-0.15, -0.1) is 0 Å². The molecular formula is C19H28N4O2. The third-order valence-corrected chi connectivity index (χ3v) is 5.34. The van der Waals surface area contributed by atoms with Crippen molar-refractivity contribution in [1.29, 1.82) is 0 Å². The zero-order valence-electron chi connectivity index (χ0n) is 14.9. The van der Waals surface area contributed by atoms with Gasteiger partial charge in [-0.3, -0.25) is 10.0 Å². The molecule has 0 radical (unpaired) electrons. The Hall–Kier alpha value is -1.92. The summed E-state index contributed by atoms with van der Waals surface area (Å²) in [6.07, 6.45) is 7.63. The first-order valence-corrected chi connectivity index (χ1v) is 9.26. The van der Waals surface area contributed by atoms with Crippen LogP contribution in [0.2, 0.25) is 0 Å². The van der Waals surface area contributed by atoms with Crippen LogP contribution in [0.5, 0.6) is 0 Å². The molecule has 1 heterocycles. The van der Waals surface area contributed by atoms with Gasteiger partial charge in [0.05, 0.1) is 17.1 Å². The average molecular weight is 344 g/mol. The summed E-state index contributed by atoms with van der Waals surface area (Å²) in [7, 11) is 2.00. The van der Waals surface area contributed by atoms with Gasteiger partial charge in [-0.1, -0.05) is 31.4 Å². The monoisotopic (exact) mass is 344 g/mol. The Morgan fingerprint density at radius 2 is 2.08 bits per heavy atom. The van der Waals surface area contributed by atoms with Crippen molar-refractivity contribution in [3.8, 4) is 0 Å². The van der Waals surface area contributed by atoms with Crippen LogP contribution in [-0.4, -0.2) is 33.3 Å². The van der Waals surface area contributed by atoms with Crippen LogP contribution in [0.1, 0.15) is 44.3 Å². The second-order valence-corrected chi connectivity index (χ2v) is 7.06. The lowest BCUT2D eigenvalue weighted by Gasteiger charge is -2.24. The molecule has 1 aliphatic carbocycles. The number of aryl methyl sites for hydroxylation is 2. The van der Waals surface area contributed by atoms with Gasteiger partial charge >= 0.3 is 0 Å². The van der Waals surface area contributed by atoms with Crippen molar-refractivity contribution in [2.45, 2.75) is 51.0 Å². The lowest BCUT2D eigenvalue weighted by atomic mass is 9.89. The molecule has 0 aliphatic heterocycles. The minimum absolute atomic E-state index is 0.366. The molecule has 1 amide bonds. The molecule has 3 rings (SSSR count). The van der Waals surface area contributed by atoms with Crippen LogP contribution in [0.25, 0.3) is 11.0 Å². The van der Waals surface area contributed by atoms with Crippen LogP contribution in [0, 0.1) is 5.92 Å². The van der Waals surface area contributed by atoms with Gasteiger partial charge in [0.15, 0.2) is 0 Å². The van der Waals surface area contributed by atoms with E-state index >= 15 is 0 Å². The van der Waals surface area contributed by atoms with Gasteiger partial charge in [0, 0.05) is 13.5 Å². The van der Waals surface area contributed by atoms with E-state index in [4.69, 9.17) is 5.21 Å². The Kier molecular flexibility index (Phi) is 6.04. The largest absolute Gasteiger partial charge is 0.331 e. The van der Waals surface area contributed by atoms with E-state index in [1.54, 1.807) is 5.48 Å².